The molecule has 2 aliphatic heterocycles. The molecule has 1 aromatic carbocycles. The average molecular weight is 539 g/mol. The zero-order chi connectivity index (χ0) is 27.2. The number of hydrogen-bond acceptors (Lipinski definition) is 10. The van der Waals surface area contributed by atoms with Gasteiger partial charge in [0.2, 0.25) is 0 Å². The first-order valence-corrected chi connectivity index (χ1v) is 12.5. The Bertz CT molecular complexity index is 1330. The van der Waals surface area contributed by atoms with Crippen LogP contribution in [0, 0.1) is 5.82 Å². The van der Waals surface area contributed by atoms with Gasteiger partial charge in [0, 0.05) is 50.1 Å². The molecule has 13 heteroatoms. The minimum Gasteiger partial charge on any atom is -0.462 e. The van der Waals surface area contributed by atoms with Crippen molar-refractivity contribution in [2.45, 2.75) is 38.0 Å². The van der Waals surface area contributed by atoms with Crippen LogP contribution in [0.1, 0.15) is 25.0 Å². The van der Waals surface area contributed by atoms with Gasteiger partial charge in [0.25, 0.3) is 0 Å². The van der Waals surface area contributed by atoms with Gasteiger partial charge in [0.05, 0.1) is 30.7 Å². The molecule has 2 aliphatic rings. The fourth-order valence-electron chi connectivity index (χ4n) is 4.28. The number of anilines is 1. The van der Waals surface area contributed by atoms with Crippen LogP contribution < -0.4 is 4.90 Å². The fourth-order valence-corrected chi connectivity index (χ4v) is 4.28. The number of cyclic esters (lactones) is 1. The largest absolute Gasteiger partial charge is 0.462 e. The number of methoxy groups -OCH3 is 1. The maximum Gasteiger partial charge on any atom is 0.414 e. The summed E-state index contributed by atoms with van der Waals surface area (Å²) in [6.45, 7) is 1.22. The Labute approximate surface area is 223 Å². The molecule has 0 N–H and O–H groups in total. The predicted octanol–water partition coefficient (Wildman–Crippen LogP) is 2.97. The number of hydrogen-bond donors (Lipinski definition) is 0. The first-order chi connectivity index (χ1) is 19.0. The van der Waals surface area contributed by atoms with Crippen molar-refractivity contribution in [2.24, 2.45) is 5.16 Å². The van der Waals surface area contributed by atoms with E-state index in [0.29, 0.717) is 54.2 Å². The summed E-state index contributed by atoms with van der Waals surface area (Å²) in [6.07, 6.45) is 4.74. The van der Waals surface area contributed by atoms with E-state index >= 15 is 4.39 Å². The molecule has 5 rings (SSSR count). The van der Waals surface area contributed by atoms with Crippen LogP contribution in [0.4, 0.5) is 14.9 Å². The molecule has 2 aromatic heterocycles. The Morgan fingerprint density at radius 3 is 2.87 bits per heavy atom. The number of benzene rings is 1. The van der Waals surface area contributed by atoms with Crippen molar-refractivity contribution < 1.29 is 33.0 Å². The van der Waals surface area contributed by atoms with Gasteiger partial charge in [-0.2, -0.15) is 0 Å². The highest BCUT2D eigenvalue weighted by Crippen LogP contribution is 2.29. The van der Waals surface area contributed by atoms with Gasteiger partial charge in [-0.3, -0.25) is 14.7 Å². The lowest BCUT2D eigenvalue weighted by Crippen LogP contribution is -2.26. The molecule has 3 aromatic rings. The first-order valence-electron chi connectivity index (χ1n) is 12.5. The Hall–Kier alpha value is -4.39. The number of pyridine rings is 1. The summed E-state index contributed by atoms with van der Waals surface area (Å²) in [5.41, 5.74) is 2.51. The van der Waals surface area contributed by atoms with E-state index in [0.717, 1.165) is 0 Å². The number of oxime groups is 1. The van der Waals surface area contributed by atoms with Crippen LogP contribution in [-0.4, -0.2) is 76.8 Å². The van der Waals surface area contributed by atoms with Crippen LogP contribution in [0.15, 0.2) is 54.1 Å². The van der Waals surface area contributed by atoms with E-state index in [1.54, 1.807) is 54.6 Å². The van der Waals surface area contributed by atoms with Gasteiger partial charge in [0.1, 0.15) is 24.2 Å². The minimum absolute atomic E-state index is 0.0974. The number of halogens is 1. The Kier molecular flexibility index (Phi) is 8.06. The monoisotopic (exact) mass is 538 g/mol. The van der Waals surface area contributed by atoms with Gasteiger partial charge in [0.15, 0.2) is 6.10 Å². The van der Waals surface area contributed by atoms with E-state index in [9.17, 15) is 9.59 Å². The molecule has 0 bridgehead atoms. The predicted molar refractivity (Wildman–Crippen MR) is 135 cm³/mol. The molecule has 1 saturated heterocycles. The third-order valence-corrected chi connectivity index (χ3v) is 6.26. The summed E-state index contributed by atoms with van der Waals surface area (Å²) in [5.74, 6) is -0.809. The molecular formula is C26H27FN6O6. The van der Waals surface area contributed by atoms with E-state index in [-0.39, 0.29) is 31.6 Å². The molecule has 2 atom stereocenters. The lowest BCUT2D eigenvalue weighted by molar-refractivity contribution is -0.147. The average Bonchev–Trinajstić information content (AvgIpc) is 3.70. The van der Waals surface area contributed by atoms with Crippen molar-refractivity contribution >= 4 is 23.5 Å². The third kappa shape index (κ3) is 6.37. The summed E-state index contributed by atoms with van der Waals surface area (Å²) in [4.78, 5) is 35.3. The fraction of sp³-hybridized carbons (Fsp3) is 0.385. The lowest BCUT2D eigenvalue weighted by atomic mass is 10.0. The number of esters is 1. The first kappa shape index (κ1) is 26.2. The number of carbonyl (C=O) groups is 2. The zero-order valence-corrected chi connectivity index (χ0v) is 21.2. The Morgan fingerprint density at radius 2 is 2.13 bits per heavy atom. The summed E-state index contributed by atoms with van der Waals surface area (Å²) in [6, 6.07) is 8.05. The van der Waals surface area contributed by atoms with Crippen molar-refractivity contribution in [1.29, 1.82) is 0 Å². The molecular weight excluding hydrogens is 511 g/mol. The van der Waals surface area contributed by atoms with Crippen LogP contribution in [0.3, 0.4) is 0 Å². The molecule has 0 unspecified atom stereocenters. The molecule has 4 heterocycles. The van der Waals surface area contributed by atoms with E-state index in [1.165, 1.54) is 11.0 Å². The third-order valence-electron chi connectivity index (χ3n) is 6.26. The van der Waals surface area contributed by atoms with Gasteiger partial charge in [-0.05, 0) is 30.7 Å². The summed E-state index contributed by atoms with van der Waals surface area (Å²) >= 11 is 0. The van der Waals surface area contributed by atoms with Crippen molar-refractivity contribution in [3.63, 3.8) is 0 Å². The molecule has 0 aliphatic carbocycles. The van der Waals surface area contributed by atoms with Crippen LogP contribution in [0.25, 0.3) is 11.1 Å². The molecule has 0 radical (unpaired) electrons. The van der Waals surface area contributed by atoms with Crippen molar-refractivity contribution in [2.75, 3.05) is 31.8 Å². The van der Waals surface area contributed by atoms with Crippen molar-refractivity contribution in [3.8, 4) is 11.1 Å². The van der Waals surface area contributed by atoms with Crippen LogP contribution in [0.5, 0.6) is 0 Å². The summed E-state index contributed by atoms with van der Waals surface area (Å²) < 4.78 is 32.2. The number of amides is 1. The summed E-state index contributed by atoms with van der Waals surface area (Å²) in [5, 5.41) is 11.7. The maximum absolute atomic E-state index is 15.1. The number of rotatable bonds is 11. The highest BCUT2D eigenvalue weighted by atomic mass is 19.1. The van der Waals surface area contributed by atoms with Gasteiger partial charge >= 0.3 is 12.1 Å². The molecule has 0 spiro atoms. The second-order valence-corrected chi connectivity index (χ2v) is 9.09. The lowest BCUT2D eigenvalue weighted by Gasteiger charge is -2.14. The van der Waals surface area contributed by atoms with Gasteiger partial charge in [-0.1, -0.05) is 16.4 Å². The highest BCUT2D eigenvalue weighted by Gasteiger charge is 2.33. The molecule has 1 fully saturated rings. The van der Waals surface area contributed by atoms with Crippen LogP contribution in [-0.2, 0) is 30.4 Å². The number of carbonyl (C=O) groups excluding carboxylic acids is 2. The van der Waals surface area contributed by atoms with Crippen LogP contribution in [0.2, 0.25) is 0 Å². The summed E-state index contributed by atoms with van der Waals surface area (Å²) in [7, 11) is 1.58. The standard InChI is InChI=1S/C26H27FN6O6/c1-36-10-2-3-25(34)37-16-19-12-24(30-39-19)23-7-4-17(13-28-23)21-6-5-18(11-22(21)27)33-15-20(38-26(33)35)14-32-9-8-29-31-32/h4-9,11,13,19-20H,2-3,10,12,14-16H2,1H3/t19-,20-/m0/s1. The Balaban J connectivity index is 1.16. The van der Waals surface area contributed by atoms with Gasteiger partial charge in [-0.25, -0.2) is 13.9 Å². The van der Waals surface area contributed by atoms with Gasteiger partial charge in [-0.15, -0.1) is 5.10 Å². The second kappa shape index (κ2) is 12.0. The van der Waals surface area contributed by atoms with E-state index < -0.39 is 18.0 Å². The molecule has 12 nitrogen and oxygen atoms in total. The minimum atomic E-state index is -0.544. The van der Waals surface area contributed by atoms with E-state index in [1.807, 2.05) is 0 Å². The maximum atomic E-state index is 15.1. The SMILES string of the molecule is COCCCC(=O)OC[C@@H]1CC(c2ccc(-c3ccc(N4C[C@H](Cn5ccnn5)OC4=O)cc3F)cn2)=NO1. The van der Waals surface area contributed by atoms with Crippen molar-refractivity contribution in [1.82, 2.24) is 20.0 Å². The quantitative estimate of drug-likeness (QED) is 0.267. The number of nitrogens with zero attached hydrogens (tertiary/aromatic N) is 6. The molecule has 1 amide bonds. The highest BCUT2D eigenvalue weighted by molar-refractivity contribution is 5.99. The van der Waals surface area contributed by atoms with Gasteiger partial charge < -0.3 is 19.0 Å². The van der Waals surface area contributed by atoms with E-state index in [4.69, 9.17) is 19.0 Å². The normalized spacial score (nSPS) is 18.6. The topological polar surface area (TPSA) is 130 Å². The Morgan fingerprint density at radius 1 is 1.23 bits per heavy atom. The smallest absolute Gasteiger partial charge is 0.414 e. The van der Waals surface area contributed by atoms with Crippen LogP contribution >= 0.6 is 0 Å². The second-order valence-electron chi connectivity index (χ2n) is 9.09. The number of ether oxygens (including phenoxy) is 3. The molecule has 39 heavy (non-hydrogen) atoms. The molecule has 204 valence electrons. The van der Waals surface area contributed by atoms with Crippen molar-refractivity contribution in [3.05, 3.63) is 60.4 Å². The number of aromatic nitrogens is 4. The van der Waals surface area contributed by atoms with E-state index in [2.05, 4.69) is 20.5 Å². The zero-order valence-electron chi connectivity index (χ0n) is 21.2. The molecule has 0 saturated carbocycles.